The molecule has 1 heterocycles. The van der Waals surface area contributed by atoms with Gasteiger partial charge in [-0.2, -0.15) is 0 Å². The minimum Gasteiger partial charge on any atom is -0.294 e. The Labute approximate surface area is 130 Å². The van der Waals surface area contributed by atoms with Crippen molar-refractivity contribution in [3.8, 4) is 0 Å². The zero-order valence-corrected chi connectivity index (χ0v) is 12.5. The topological polar surface area (TPSA) is 68.0 Å². The zero-order chi connectivity index (χ0) is 14.8. The highest BCUT2D eigenvalue weighted by molar-refractivity contribution is 8.00. The lowest BCUT2D eigenvalue weighted by molar-refractivity contribution is -0.118. The maximum Gasteiger partial charge on any atom is 0.244 e. The number of carbonyl (C=O) groups is 1. The van der Waals surface area contributed by atoms with E-state index in [-0.39, 0.29) is 11.7 Å². The number of halogens is 1. The molecule has 0 aliphatic rings. The van der Waals surface area contributed by atoms with Gasteiger partial charge in [-0.25, -0.2) is 10.8 Å². The summed E-state index contributed by atoms with van der Waals surface area (Å²) in [6, 6.07) is 13.4. The zero-order valence-electron chi connectivity index (χ0n) is 11.0. The molecule has 0 atom stereocenters. The van der Waals surface area contributed by atoms with Crippen LogP contribution < -0.4 is 11.3 Å². The lowest BCUT2D eigenvalue weighted by Crippen LogP contribution is -2.31. The molecular formula is C15H12ClN3OS. The van der Waals surface area contributed by atoms with E-state index in [4.69, 9.17) is 17.4 Å². The fourth-order valence-electron chi connectivity index (χ4n) is 2.16. The van der Waals surface area contributed by atoms with E-state index in [2.05, 4.69) is 10.4 Å². The first-order valence-electron chi connectivity index (χ1n) is 6.29. The third kappa shape index (κ3) is 2.81. The molecule has 6 heteroatoms. The fourth-order valence-corrected chi connectivity index (χ4v) is 3.34. The molecule has 0 spiro atoms. The van der Waals surface area contributed by atoms with Gasteiger partial charge in [0.1, 0.15) is 0 Å². The Kier molecular flexibility index (Phi) is 3.96. The van der Waals surface area contributed by atoms with E-state index in [1.165, 1.54) is 11.8 Å². The monoisotopic (exact) mass is 317 g/mol. The van der Waals surface area contributed by atoms with Gasteiger partial charge in [0, 0.05) is 20.7 Å². The molecule has 1 amide bonds. The second-order valence-electron chi connectivity index (χ2n) is 4.48. The minimum atomic E-state index is -0.219. The highest BCUT2D eigenvalue weighted by atomic mass is 35.5. The van der Waals surface area contributed by atoms with E-state index < -0.39 is 0 Å². The molecule has 21 heavy (non-hydrogen) atoms. The molecule has 0 unspecified atom stereocenters. The average Bonchev–Trinajstić information content (AvgIpc) is 2.50. The van der Waals surface area contributed by atoms with Crippen molar-refractivity contribution in [2.75, 3.05) is 5.75 Å². The predicted octanol–water partition coefficient (Wildman–Crippen LogP) is 3.12. The number of aromatic nitrogens is 1. The van der Waals surface area contributed by atoms with Gasteiger partial charge < -0.3 is 0 Å². The first-order chi connectivity index (χ1) is 10.2. The van der Waals surface area contributed by atoms with E-state index in [9.17, 15) is 4.79 Å². The Bertz CT molecular complexity index is 838. The van der Waals surface area contributed by atoms with Crippen molar-refractivity contribution in [3.05, 3.63) is 47.5 Å². The number of fused-ring (bicyclic) bond motifs is 2. The highest BCUT2D eigenvalue weighted by Gasteiger charge is 2.11. The molecule has 3 aromatic rings. The van der Waals surface area contributed by atoms with Crippen LogP contribution in [0, 0.1) is 0 Å². The van der Waals surface area contributed by atoms with Gasteiger partial charge in [-0.1, -0.05) is 35.9 Å². The van der Waals surface area contributed by atoms with Crippen molar-refractivity contribution < 1.29 is 4.79 Å². The quantitative estimate of drug-likeness (QED) is 0.256. The molecule has 4 nitrogen and oxygen atoms in total. The number of hydrazine groups is 1. The fraction of sp³-hybridized carbons (Fsp3) is 0.0667. The molecule has 3 N–H and O–H groups in total. The van der Waals surface area contributed by atoms with Crippen molar-refractivity contribution in [2.45, 2.75) is 4.90 Å². The number of pyridine rings is 1. The van der Waals surface area contributed by atoms with Gasteiger partial charge in [-0.15, -0.1) is 11.8 Å². The third-order valence-electron chi connectivity index (χ3n) is 3.10. The summed E-state index contributed by atoms with van der Waals surface area (Å²) in [7, 11) is 0. The van der Waals surface area contributed by atoms with Gasteiger partial charge in [0.15, 0.2) is 0 Å². The average molecular weight is 318 g/mol. The first-order valence-corrected chi connectivity index (χ1v) is 7.65. The van der Waals surface area contributed by atoms with E-state index >= 15 is 0 Å². The van der Waals surface area contributed by atoms with E-state index in [1.807, 2.05) is 42.5 Å². The summed E-state index contributed by atoms with van der Waals surface area (Å²) >= 11 is 7.49. The molecule has 0 aliphatic heterocycles. The number of nitrogens with one attached hydrogen (secondary N) is 1. The smallest absolute Gasteiger partial charge is 0.244 e. The minimum absolute atomic E-state index is 0.219. The lowest BCUT2D eigenvalue weighted by Gasteiger charge is -2.10. The van der Waals surface area contributed by atoms with Crippen LogP contribution in [0.25, 0.3) is 21.8 Å². The second-order valence-corrected chi connectivity index (χ2v) is 5.90. The van der Waals surface area contributed by atoms with Crippen LogP contribution in [0.3, 0.4) is 0 Å². The number of para-hydroxylation sites is 1. The number of carbonyl (C=O) groups excluding carboxylic acids is 1. The van der Waals surface area contributed by atoms with Gasteiger partial charge in [0.2, 0.25) is 5.91 Å². The van der Waals surface area contributed by atoms with E-state index in [0.29, 0.717) is 5.02 Å². The van der Waals surface area contributed by atoms with Crippen LogP contribution in [0.1, 0.15) is 0 Å². The van der Waals surface area contributed by atoms with Crippen LogP contribution in [0.2, 0.25) is 5.02 Å². The maximum absolute atomic E-state index is 11.4. The Morgan fingerprint density at radius 3 is 2.76 bits per heavy atom. The van der Waals surface area contributed by atoms with Crippen LogP contribution in [0.15, 0.2) is 47.4 Å². The highest BCUT2D eigenvalue weighted by Crippen LogP contribution is 2.34. The summed E-state index contributed by atoms with van der Waals surface area (Å²) in [6.07, 6.45) is 0. The van der Waals surface area contributed by atoms with Crippen LogP contribution in [0.4, 0.5) is 0 Å². The normalized spacial score (nSPS) is 11.0. The standard InChI is InChI=1S/C15H12ClN3OS/c16-9-5-6-11-13(7-9)18-12-4-2-1-3-10(12)15(11)21-8-14(20)19-17/h1-7H,8,17H2,(H,19,20). The largest absolute Gasteiger partial charge is 0.294 e. The SMILES string of the molecule is NNC(=O)CSc1c2ccccc2nc2cc(Cl)ccc12. The number of rotatable bonds is 3. The van der Waals surface area contributed by atoms with E-state index in [0.717, 1.165) is 26.7 Å². The summed E-state index contributed by atoms with van der Waals surface area (Å²) < 4.78 is 0. The molecule has 0 aliphatic carbocycles. The molecule has 2 aromatic carbocycles. The number of hydrogen-bond donors (Lipinski definition) is 2. The van der Waals surface area contributed by atoms with Gasteiger partial charge in [0.25, 0.3) is 0 Å². The van der Waals surface area contributed by atoms with Crippen molar-refractivity contribution in [3.63, 3.8) is 0 Å². The van der Waals surface area contributed by atoms with Crippen LogP contribution >= 0.6 is 23.4 Å². The predicted molar refractivity (Wildman–Crippen MR) is 87.3 cm³/mol. The molecule has 106 valence electrons. The third-order valence-corrected chi connectivity index (χ3v) is 4.47. The van der Waals surface area contributed by atoms with Crippen LogP contribution in [-0.2, 0) is 4.79 Å². The number of hydrogen-bond acceptors (Lipinski definition) is 4. The van der Waals surface area contributed by atoms with E-state index in [1.54, 1.807) is 0 Å². The molecule has 3 rings (SSSR count). The summed E-state index contributed by atoms with van der Waals surface area (Å²) in [5.74, 6) is 5.17. The molecule has 0 saturated heterocycles. The maximum atomic E-state index is 11.4. The second kappa shape index (κ2) is 5.89. The number of amides is 1. The number of nitrogens with zero attached hydrogens (tertiary/aromatic N) is 1. The lowest BCUT2D eigenvalue weighted by atomic mass is 10.1. The number of thioether (sulfide) groups is 1. The Morgan fingerprint density at radius 2 is 1.95 bits per heavy atom. The summed E-state index contributed by atoms with van der Waals surface area (Å²) in [6.45, 7) is 0. The molecule has 0 fully saturated rings. The van der Waals surface area contributed by atoms with Gasteiger partial charge in [-0.05, 0) is 18.2 Å². The van der Waals surface area contributed by atoms with Gasteiger partial charge >= 0.3 is 0 Å². The summed E-state index contributed by atoms with van der Waals surface area (Å²) in [5, 5.41) is 2.64. The summed E-state index contributed by atoms with van der Waals surface area (Å²) in [5.41, 5.74) is 3.84. The number of benzene rings is 2. The first kappa shape index (κ1) is 14.1. The number of nitrogens with two attached hydrogens (primary N) is 1. The Morgan fingerprint density at radius 1 is 1.19 bits per heavy atom. The molecular weight excluding hydrogens is 306 g/mol. The van der Waals surface area contributed by atoms with Gasteiger partial charge in [0.05, 0.1) is 16.8 Å². The van der Waals surface area contributed by atoms with Crippen LogP contribution in [0.5, 0.6) is 0 Å². The Hall–Kier alpha value is -1.82. The van der Waals surface area contributed by atoms with Gasteiger partial charge in [-0.3, -0.25) is 10.2 Å². The van der Waals surface area contributed by atoms with Crippen molar-refractivity contribution in [1.29, 1.82) is 0 Å². The molecule has 0 radical (unpaired) electrons. The van der Waals surface area contributed by atoms with Crippen molar-refractivity contribution in [2.24, 2.45) is 5.84 Å². The molecule has 0 saturated carbocycles. The molecule has 0 bridgehead atoms. The molecule has 1 aromatic heterocycles. The Balaban J connectivity index is 2.22. The van der Waals surface area contributed by atoms with Crippen molar-refractivity contribution in [1.82, 2.24) is 10.4 Å². The van der Waals surface area contributed by atoms with Crippen LogP contribution in [-0.4, -0.2) is 16.6 Å². The summed E-state index contributed by atoms with van der Waals surface area (Å²) in [4.78, 5) is 17.1. The van der Waals surface area contributed by atoms with Crippen molar-refractivity contribution >= 4 is 51.1 Å².